The molecule has 1 aromatic carbocycles. The fourth-order valence-corrected chi connectivity index (χ4v) is 4.98. The number of fused-ring (bicyclic) bond motifs is 4. The van der Waals surface area contributed by atoms with E-state index in [0.717, 1.165) is 5.57 Å². The Morgan fingerprint density at radius 1 is 1.11 bits per heavy atom. The lowest BCUT2D eigenvalue weighted by Gasteiger charge is -2.41. The molecule has 4 rings (SSSR count). The summed E-state index contributed by atoms with van der Waals surface area (Å²) in [6.07, 6.45) is 4.37. The Bertz CT molecular complexity index is 1220. The van der Waals surface area contributed by atoms with Crippen LogP contribution < -0.4 is 14.2 Å². The van der Waals surface area contributed by atoms with Crippen molar-refractivity contribution in [1.29, 1.82) is 0 Å². The number of esters is 1. The minimum atomic E-state index is -1.52. The van der Waals surface area contributed by atoms with E-state index in [0.29, 0.717) is 51.2 Å². The summed E-state index contributed by atoms with van der Waals surface area (Å²) < 4.78 is 40.6. The molecule has 0 spiro atoms. The molecule has 0 saturated carbocycles. The molecule has 4 atom stereocenters. The second-order valence-corrected chi connectivity index (χ2v) is 9.33. The lowest BCUT2D eigenvalue weighted by molar-refractivity contribution is -0.164. The Balaban J connectivity index is 2.12. The maximum absolute atomic E-state index is 13.0. The molecule has 1 N–H and O–H groups in total. The van der Waals surface area contributed by atoms with Gasteiger partial charge in [0, 0.05) is 22.6 Å². The van der Waals surface area contributed by atoms with Crippen molar-refractivity contribution >= 4 is 5.97 Å². The van der Waals surface area contributed by atoms with Crippen LogP contribution in [0.5, 0.6) is 17.2 Å². The van der Waals surface area contributed by atoms with Crippen LogP contribution in [0.4, 0.5) is 0 Å². The Morgan fingerprint density at radius 2 is 1.81 bits per heavy atom. The predicted octanol–water partition coefficient (Wildman–Crippen LogP) is 4.43. The van der Waals surface area contributed by atoms with E-state index in [9.17, 15) is 9.90 Å². The molecular formula is C28H34O9. The van der Waals surface area contributed by atoms with Crippen LogP contribution in [0.15, 0.2) is 52.7 Å². The zero-order valence-corrected chi connectivity index (χ0v) is 22.5. The number of ether oxygens (including phenoxy) is 7. The number of benzene rings is 1. The summed E-state index contributed by atoms with van der Waals surface area (Å²) in [7, 11) is 6.10. The van der Waals surface area contributed by atoms with Gasteiger partial charge in [-0.05, 0) is 38.5 Å². The van der Waals surface area contributed by atoms with Crippen LogP contribution in [0.2, 0.25) is 0 Å². The van der Waals surface area contributed by atoms with Crippen molar-refractivity contribution < 1.29 is 43.1 Å². The number of hydrogen-bond acceptors (Lipinski definition) is 9. The van der Waals surface area contributed by atoms with Gasteiger partial charge >= 0.3 is 5.97 Å². The molecule has 9 heteroatoms. The van der Waals surface area contributed by atoms with Crippen LogP contribution in [-0.2, 0) is 23.7 Å². The molecule has 3 aliphatic rings. The van der Waals surface area contributed by atoms with Gasteiger partial charge in [-0.25, -0.2) is 4.79 Å². The van der Waals surface area contributed by atoms with E-state index in [-0.39, 0.29) is 6.79 Å². The Labute approximate surface area is 216 Å². The van der Waals surface area contributed by atoms with Crippen molar-refractivity contribution in [3.8, 4) is 17.2 Å². The van der Waals surface area contributed by atoms with Gasteiger partial charge in [-0.3, -0.25) is 0 Å². The fraction of sp³-hybridized carbons (Fsp3) is 0.464. The molecule has 0 aromatic heterocycles. The highest BCUT2D eigenvalue weighted by Gasteiger charge is 2.49. The van der Waals surface area contributed by atoms with Crippen molar-refractivity contribution in [2.75, 3.05) is 35.2 Å². The molecule has 200 valence electrons. The first kappa shape index (κ1) is 26.5. The molecular weight excluding hydrogens is 480 g/mol. The maximum atomic E-state index is 13.0. The summed E-state index contributed by atoms with van der Waals surface area (Å²) in [6, 6.07) is 1.72. The highest BCUT2D eigenvalue weighted by atomic mass is 16.7. The molecule has 1 aromatic rings. The molecule has 1 fully saturated rings. The Morgan fingerprint density at radius 3 is 2.41 bits per heavy atom. The molecule has 2 aliphatic carbocycles. The first-order chi connectivity index (χ1) is 17.6. The lowest BCUT2D eigenvalue weighted by atomic mass is 9.71. The zero-order valence-electron chi connectivity index (χ0n) is 22.5. The number of carbonyl (C=O) groups is 1. The van der Waals surface area contributed by atoms with Gasteiger partial charge in [-0.2, -0.15) is 0 Å². The normalized spacial score (nSPS) is 28.0. The SMILES string of the molecule is C/C=C(/C)C(=O)OC1c2cc(OC)c(OC)c(OC)c2C2C(OC)=C3OCOC3=C/C2=C/C(C)C1(C)O. The lowest BCUT2D eigenvalue weighted by Crippen LogP contribution is -2.43. The van der Waals surface area contributed by atoms with Crippen LogP contribution in [0.1, 0.15) is 50.8 Å². The summed E-state index contributed by atoms with van der Waals surface area (Å²) in [5, 5.41) is 11.9. The third-order valence-corrected chi connectivity index (χ3v) is 7.33. The fourth-order valence-electron chi connectivity index (χ4n) is 4.98. The highest BCUT2D eigenvalue weighted by molar-refractivity contribution is 5.88. The third kappa shape index (κ3) is 4.21. The van der Waals surface area contributed by atoms with E-state index in [2.05, 4.69) is 0 Å². The summed E-state index contributed by atoms with van der Waals surface area (Å²) in [6.45, 7) is 6.99. The zero-order chi connectivity index (χ0) is 27.1. The summed E-state index contributed by atoms with van der Waals surface area (Å²) in [4.78, 5) is 13.0. The minimum absolute atomic E-state index is 0.0556. The van der Waals surface area contributed by atoms with Crippen LogP contribution in [0.3, 0.4) is 0 Å². The predicted molar refractivity (Wildman–Crippen MR) is 134 cm³/mol. The molecule has 1 aliphatic heterocycles. The molecule has 1 saturated heterocycles. The topological polar surface area (TPSA) is 102 Å². The standard InChI is InChI=1S/C28H34O9/c1-9-14(2)27(29)37-26-17-12-18(31-5)22(32-6)25(34-8)21(17)20-16(10-15(3)28(26,4)30)11-19-23(24(20)33-7)36-13-35-19/h9-12,15,20,26,30H,13H2,1-8H3/b14-9-,16-10-. The first-order valence-electron chi connectivity index (χ1n) is 12.0. The van der Waals surface area contributed by atoms with Crippen molar-refractivity contribution in [3.05, 3.63) is 63.8 Å². The average Bonchev–Trinajstić information content (AvgIpc) is 3.36. The van der Waals surface area contributed by atoms with Crippen molar-refractivity contribution in [3.63, 3.8) is 0 Å². The second-order valence-electron chi connectivity index (χ2n) is 9.33. The highest BCUT2D eigenvalue weighted by Crippen LogP contribution is 2.56. The molecule has 37 heavy (non-hydrogen) atoms. The monoisotopic (exact) mass is 514 g/mol. The van der Waals surface area contributed by atoms with Crippen molar-refractivity contribution in [2.24, 2.45) is 5.92 Å². The summed E-state index contributed by atoms with van der Waals surface area (Å²) in [5.41, 5.74) is 0.769. The molecule has 0 amide bonds. The van der Waals surface area contributed by atoms with Gasteiger partial charge in [0.15, 0.2) is 29.1 Å². The van der Waals surface area contributed by atoms with E-state index >= 15 is 0 Å². The molecule has 1 heterocycles. The van der Waals surface area contributed by atoms with Crippen molar-refractivity contribution in [2.45, 2.75) is 45.3 Å². The Kier molecular flexibility index (Phi) is 7.19. The van der Waals surface area contributed by atoms with Gasteiger partial charge in [-0.1, -0.05) is 19.1 Å². The quantitative estimate of drug-likeness (QED) is 0.436. The van der Waals surface area contributed by atoms with Crippen LogP contribution in [0.25, 0.3) is 0 Å². The molecule has 0 radical (unpaired) electrons. The summed E-state index contributed by atoms with van der Waals surface area (Å²) >= 11 is 0. The largest absolute Gasteiger partial charge is 0.496 e. The van der Waals surface area contributed by atoms with Gasteiger partial charge in [0.2, 0.25) is 18.3 Å². The minimum Gasteiger partial charge on any atom is -0.496 e. The van der Waals surface area contributed by atoms with E-state index in [1.807, 2.05) is 19.1 Å². The smallest absolute Gasteiger partial charge is 0.334 e. The maximum Gasteiger partial charge on any atom is 0.334 e. The van der Waals surface area contributed by atoms with E-state index in [1.165, 1.54) is 21.3 Å². The number of hydrogen-bond donors (Lipinski definition) is 1. The van der Waals surface area contributed by atoms with Crippen LogP contribution >= 0.6 is 0 Å². The molecule has 9 nitrogen and oxygen atoms in total. The molecule has 0 bridgehead atoms. The number of methoxy groups -OCH3 is 4. The third-order valence-electron chi connectivity index (χ3n) is 7.33. The van der Waals surface area contributed by atoms with Gasteiger partial charge in [0.1, 0.15) is 5.60 Å². The summed E-state index contributed by atoms with van der Waals surface area (Å²) in [5.74, 6) is 1.03. The molecule has 4 unspecified atom stereocenters. The van der Waals surface area contributed by atoms with Gasteiger partial charge < -0.3 is 38.3 Å². The van der Waals surface area contributed by atoms with Crippen molar-refractivity contribution in [1.82, 2.24) is 0 Å². The van der Waals surface area contributed by atoms with Crippen LogP contribution in [-0.4, -0.2) is 51.9 Å². The number of allylic oxidation sites excluding steroid dienone is 3. The van der Waals surface area contributed by atoms with E-state index in [1.54, 1.807) is 40.0 Å². The number of carbonyl (C=O) groups excluding carboxylic acids is 1. The van der Waals surface area contributed by atoms with Gasteiger partial charge in [0.25, 0.3) is 0 Å². The average molecular weight is 515 g/mol. The van der Waals surface area contributed by atoms with Gasteiger partial charge in [0.05, 0.1) is 34.4 Å². The number of aliphatic hydroxyl groups is 1. The second kappa shape index (κ2) is 10.0. The van der Waals surface area contributed by atoms with E-state index < -0.39 is 29.5 Å². The van der Waals surface area contributed by atoms with Crippen LogP contribution in [0, 0.1) is 5.92 Å². The van der Waals surface area contributed by atoms with E-state index in [4.69, 9.17) is 33.2 Å². The number of rotatable bonds is 6. The van der Waals surface area contributed by atoms with Gasteiger partial charge in [-0.15, -0.1) is 0 Å². The first-order valence-corrected chi connectivity index (χ1v) is 12.0. The Hall–Kier alpha value is -3.59.